The summed E-state index contributed by atoms with van der Waals surface area (Å²) in [5.74, 6) is 0.176. The normalized spacial score (nSPS) is 18.1. The van der Waals surface area contributed by atoms with Crippen molar-refractivity contribution in [1.29, 1.82) is 0 Å². The summed E-state index contributed by atoms with van der Waals surface area (Å²) in [6.45, 7) is 0. The van der Waals surface area contributed by atoms with Crippen LogP contribution >= 0.6 is 0 Å². The van der Waals surface area contributed by atoms with Crippen LogP contribution in [0.1, 0.15) is 25.7 Å². The highest BCUT2D eigenvalue weighted by Gasteiger charge is 2.27. The Labute approximate surface area is 186 Å². The highest BCUT2D eigenvalue weighted by molar-refractivity contribution is 5.73. The van der Waals surface area contributed by atoms with Crippen LogP contribution in [0.3, 0.4) is 0 Å². The summed E-state index contributed by atoms with van der Waals surface area (Å²) in [6.07, 6.45) is 5.95. The molecule has 0 bridgehead atoms. The first-order chi connectivity index (χ1) is 15.6. The second kappa shape index (κ2) is 9.72. The number of aromatic nitrogens is 3. The fourth-order valence-corrected chi connectivity index (χ4v) is 4.01. The maximum atomic E-state index is 14.6. The molecular formula is C24H25FN4O3. The van der Waals surface area contributed by atoms with Crippen LogP contribution in [0.4, 0.5) is 10.3 Å². The van der Waals surface area contributed by atoms with Gasteiger partial charge in [-0.3, -0.25) is 4.79 Å². The number of pyridine rings is 1. The molecule has 0 saturated heterocycles. The molecule has 32 heavy (non-hydrogen) atoms. The Hall–Kier alpha value is -3.55. The SMILES string of the molecule is COC(=O)C1CCC(Nc2ncc(F)c(-c3cccc(-c4ccnc(OC)c4)c3)n2)CC1. The van der Waals surface area contributed by atoms with Gasteiger partial charge >= 0.3 is 5.97 Å². The Kier molecular flexibility index (Phi) is 6.58. The van der Waals surface area contributed by atoms with Gasteiger partial charge in [0, 0.05) is 23.9 Å². The van der Waals surface area contributed by atoms with Crippen LogP contribution in [0.25, 0.3) is 22.4 Å². The lowest BCUT2D eigenvalue weighted by Crippen LogP contribution is -2.30. The first-order valence-corrected chi connectivity index (χ1v) is 10.5. The van der Waals surface area contributed by atoms with Gasteiger partial charge < -0.3 is 14.8 Å². The van der Waals surface area contributed by atoms with Crippen molar-refractivity contribution in [2.75, 3.05) is 19.5 Å². The summed E-state index contributed by atoms with van der Waals surface area (Å²) in [5, 5.41) is 3.29. The summed E-state index contributed by atoms with van der Waals surface area (Å²) < 4.78 is 24.7. The van der Waals surface area contributed by atoms with Gasteiger partial charge in [-0.15, -0.1) is 0 Å². The van der Waals surface area contributed by atoms with Crippen LogP contribution in [-0.2, 0) is 9.53 Å². The number of hydrogen-bond donors (Lipinski definition) is 1. The minimum atomic E-state index is -0.491. The molecule has 2 heterocycles. The lowest BCUT2D eigenvalue weighted by atomic mass is 9.86. The molecule has 0 radical (unpaired) electrons. The first kappa shape index (κ1) is 21.7. The third-order valence-corrected chi connectivity index (χ3v) is 5.75. The molecule has 2 aromatic heterocycles. The zero-order valence-electron chi connectivity index (χ0n) is 18.0. The number of nitrogens with zero attached hydrogens (tertiary/aromatic N) is 3. The van der Waals surface area contributed by atoms with Gasteiger partial charge in [-0.2, -0.15) is 0 Å². The second-order valence-electron chi connectivity index (χ2n) is 7.77. The van der Waals surface area contributed by atoms with E-state index in [0.29, 0.717) is 17.4 Å². The van der Waals surface area contributed by atoms with Crippen LogP contribution < -0.4 is 10.1 Å². The number of rotatable bonds is 6. The molecule has 166 valence electrons. The minimum Gasteiger partial charge on any atom is -0.481 e. The van der Waals surface area contributed by atoms with E-state index in [0.717, 1.165) is 36.8 Å². The van der Waals surface area contributed by atoms with Crippen molar-refractivity contribution in [2.45, 2.75) is 31.7 Å². The van der Waals surface area contributed by atoms with E-state index < -0.39 is 5.82 Å². The standard InChI is InChI=1S/C24H25FN4O3/c1-31-21-13-17(10-11-26-21)16-4-3-5-18(12-16)22-20(25)14-27-24(29-22)28-19-8-6-15(7-9-19)23(30)32-2/h3-5,10-15,19H,6-9H2,1-2H3,(H,27,28,29). The van der Waals surface area contributed by atoms with Crippen LogP contribution in [0, 0.1) is 11.7 Å². The third-order valence-electron chi connectivity index (χ3n) is 5.75. The van der Waals surface area contributed by atoms with Gasteiger partial charge in [0.2, 0.25) is 11.8 Å². The molecule has 8 heteroatoms. The number of carbonyl (C=O) groups is 1. The Morgan fingerprint density at radius 2 is 1.78 bits per heavy atom. The van der Waals surface area contributed by atoms with Crippen LogP contribution in [0.2, 0.25) is 0 Å². The second-order valence-corrected chi connectivity index (χ2v) is 7.77. The number of carbonyl (C=O) groups excluding carboxylic acids is 1. The quantitative estimate of drug-likeness (QED) is 0.570. The predicted octanol–water partition coefficient (Wildman–Crippen LogP) is 4.50. The van der Waals surface area contributed by atoms with Gasteiger partial charge in [0.25, 0.3) is 0 Å². The van der Waals surface area contributed by atoms with E-state index >= 15 is 0 Å². The number of hydrogen-bond acceptors (Lipinski definition) is 7. The number of esters is 1. The molecule has 0 unspecified atom stereocenters. The topological polar surface area (TPSA) is 86.2 Å². The first-order valence-electron chi connectivity index (χ1n) is 10.5. The Morgan fingerprint density at radius 3 is 2.53 bits per heavy atom. The van der Waals surface area contributed by atoms with E-state index in [9.17, 15) is 9.18 Å². The summed E-state index contributed by atoms with van der Waals surface area (Å²) in [7, 11) is 2.98. The van der Waals surface area contributed by atoms with E-state index in [-0.39, 0.29) is 23.6 Å². The molecular weight excluding hydrogens is 411 g/mol. The Balaban J connectivity index is 1.53. The molecule has 1 N–H and O–H groups in total. The molecule has 0 amide bonds. The number of anilines is 1. The highest BCUT2D eigenvalue weighted by atomic mass is 19.1. The molecule has 7 nitrogen and oxygen atoms in total. The summed E-state index contributed by atoms with van der Waals surface area (Å²) in [6, 6.07) is 11.3. The lowest BCUT2D eigenvalue weighted by Gasteiger charge is -2.27. The van der Waals surface area contributed by atoms with Gasteiger partial charge in [-0.05, 0) is 48.9 Å². The van der Waals surface area contributed by atoms with Crippen molar-refractivity contribution in [3.63, 3.8) is 0 Å². The molecule has 1 fully saturated rings. The molecule has 3 aromatic rings. The van der Waals surface area contributed by atoms with Gasteiger partial charge in [0.1, 0.15) is 5.69 Å². The fraction of sp³-hybridized carbons (Fsp3) is 0.333. The number of methoxy groups -OCH3 is 2. The number of nitrogens with one attached hydrogen (secondary N) is 1. The van der Waals surface area contributed by atoms with Crippen molar-refractivity contribution in [3.05, 3.63) is 54.6 Å². The Morgan fingerprint density at radius 1 is 1.03 bits per heavy atom. The maximum absolute atomic E-state index is 14.6. The van der Waals surface area contributed by atoms with Crippen molar-refractivity contribution >= 4 is 11.9 Å². The number of halogens is 1. The molecule has 0 atom stereocenters. The molecule has 1 aliphatic carbocycles. The van der Waals surface area contributed by atoms with Gasteiger partial charge in [-0.25, -0.2) is 19.3 Å². The minimum absolute atomic E-state index is 0.0581. The van der Waals surface area contributed by atoms with E-state index in [2.05, 4.69) is 20.3 Å². The number of benzene rings is 1. The average molecular weight is 436 g/mol. The summed E-state index contributed by atoms with van der Waals surface area (Å²) in [4.78, 5) is 24.4. The zero-order chi connectivity index (χ0) is 22.5. The van der Waals surface area contributed by atoms with Gasteiger partial charge in [-0.1, -0.05) is 18.2 Å². The van der Waals surface area contributed by atoms with Crippen molar-refractivity contribution in [1.82, 2.24) is 15.0 Å². The van der Waals surface area contributed by atoms with Crippen LogP contribution in [0.15, 0.2) is 48.8 Å². The van der Waals surface area contributed by atoms with E-state index in [1.54, 1.807) is 13.3 Å². The van der Waals surface area contributed by atoms with Gasteiger partial charge in [0.05, 0.1) is 26.3 Å². The molecule has 1 saturated carbocycles. The zero-order valence-corrected chi connectivity index (χ0v) is 18.0. The molecule has 0 spiro atoms. The van der Waals surface area contributed by atoms with Crippen molar-refractivity contribution in [3.8, 4) is 28.3 Å². The van der Waals surface area contributed by atoms with E-state index in [4.69, 9.17) is 9.47 Å². The molecule has 1 aromatic carbocycles. The molecule has 1 aliphatic rings. The molecule has 0 aliphatic heterocycles. The largest absolute Gasteiger partial charge is 0.481 e. The summed E-state index contributed by atoms with van der Waals surface area (Å²) >= 11 is 0. The highest BCUT2D eigenvalue weighted by Crippen LogP contribution is 2.30. The fourth-order valence-electron chi connectivity index (χ4n) is 4.01. The van der Waals surface area contributed by atoms with Crippen LogP contribution in [-0.4, -0.2) is 41.2 Å². The van der Waals surface area contributed by atoms with Crippen molar-refractivity contribution < 1.29 is 18.7 Å². The smallest absolute Gasteiger partial charge is 0.308 e. The van der Waals surface area contributed by atoms with Crippen molar-refractivity contribution in [2.24, 2.45) is 5.92 Å². The van der Waals surface area contributed by atoms with E-state index in [1.165, 1.54) is 13.3 Å². The van der Waals surface area contributed by atoms with Crippen LogP contribution in [0.5, 0.6) is 5.88 Å². The Bertz CT molecular complexity index is 1100. The predicted molar refractivity (Wildman–Crippen MR) is 119 cm³/mol. The monoisotopic (exact) mass is 436 g/mol. The summed E-state index contributed by atoms with van der Waals surface area (Å²) in [5.41, 5.74) is 2.69. The number of ether oxygens (including phenoxy) is 2. The third kappa shape index (κ3) is 4.85. The van der Waals surface area contributed by atoms with E-state index in [1.807, 2.05) is 36.4 Å². The maximum Gasteiger partial charge on any atom is 0.308 e. The average Bonchev–Trinajstić information content (AvgIpc) is 2.85. The van der Waals surface area contributed by atoms with Gasteiger partial charge in [0.15, 0.2) is 5.82 Å². The lowest BCUT2D eigenvalue weighted by molar-refractivity contribution is -0.146. The molecule has 4 rings (SSSR count).